The van der Waals surface area contributed by atoms with Gasteiger partial charge in [-0.05, 0) is 60.9 Å². The quantitative estimate of drug-likeness (QED) is 0.212. The number of aromatic nitrogens is 2. The molecule has 3 aromatic rings. The van der Waals surface area contributed by atoms with Gasteiger partial charge in [-0.15, -0.1) is 0 Å². The van der Waals surface area contributed by atoms with Crippen LogP contribution in [0, 0.1) is 17.8 Å². The van der Waals surface area contributed by atoms with Crippen LogP contribution in [-0.2, 0) is 15.7 Å². The standard InChI is InChI=1S/C27H29F3N2O3S/c1-16(2)20-12-11-17(3)13-23(20)35-24(33)15-36-26-31-22-10-5-4-9-21(22)25(34)32(26)19-8-6-7-18(14-19)27(28,29)30/h4-10,14,16-17,20,23H,11-13,15H2,1-3H3/t17-,20-,23+/m0/s1. The minimum Gasteiger partial charge on any atom is -0.461 e. The summed E-state index contributed by atoms with van der Waals surface area (Å²) in [4.78, 5) is 30.7. The van der Waals surface area contributed by atoms with Crippen molar-refractivity contribution in [1.82, 2.24) is 9.55 Å². The largest absolute Gasteiger partial charge is 0.461 e. The number of alkyl halides is 3. The Labute approximate surface area is 212 Å². The summed E-state index contributed by atoms with van der Waals surface area (Å²) in [6.45, 7) is 6.41. The lowest BCUT2D eigenvalue weighted by Crippen LogP contribution is -2.36. The molecule has 1 saturated carbocycles. The van der Waals surface area contributed by atoms with Crippen LogP contribution in [0.5, 0.6) is 0 Å². The number of esters is 1. The number of nitrogens with zero attached hydrogens (tertiary/aromatic N) is 2. The number of ether oxygens (including phenoxy) is 1. The Kier molecular flexibility index (Phi) is 7.78. The Morgan fingerprint density at radius 2 is 1.92 bits per heavy atom. The maximum atomic E-state index is 13.4. The Morgan fingerprint density at radius 3 is 2.64 bits per heavy atom. The molecule has 5 nitrogen and oxygen atoms in total. The molecule has 36 heavy (non-hydrogen) atoms. The molecule has 0 N–H and O–H groups in total. The molecule has 3 atom stereocenters. The van der Waals surface area contributed by atoms with Crippen LogP contribution in [0.3, 0.4) is 0 Å². The van der Waals surface area contributed by atoms with E-state index in [2.05, 4.69) is 25.8 Å². The fourth-order valence-electron chi connectivity index (χ4n) is 4.83. The number of thioether (sulfide) groups is 1. The molecule has 1 fully saturated rings. The molecule has 1 aromatic heterocycles. The van der Waals surface area contributed by atoms with Crippen molar-refractivity contribution in [2.24, 2.45) is 17.8 Å². The van der Waals surface area contributed by atoms with E-state index in [0.29, 0.717) is 17.4 Å². The van der Waals surface area contributed by atoms with Crippen LogP contribution >= 0.6 is 11.8 Å². The van der Waals surface area contributed by atoms with E-state index in [0.717, 1.165) is 47.7 Å². The van der Waals surface area contributed by atoms with E-state index in [1.165, 1.54) is 12.1 Å². The first-order valence-corrected chi connectivity index (χ1v) is 13.0. The van der Waals surface area contributed by atoms with Crippen LogP contribution in [0.25, 0.3) is 16.6 Å². The lowest BCUT2D eigenvalue weighted by atomic mass is 9.75. The number of carbonyl (C=O) groups is 1. The highest BCUT2D eigenvalue weighted by Crippen LogP contribution is 2.36. The van der Waals surface area contributed by atoms with E-state index in [1.54, 1.807) is 24.3 Å². The van der Waals surface area contributed by atoms with Crippen molar-refractivity contribution < 1.29 is 22.7 Å². The van der Waals surface area contributed by atoms with Gasteiger partial charge >= 0.3 is 12.1 Å². The molecule has 0 saturated heterocycles. The van der Waals surface area contributed by atoms with Crippen LogP contribution < -0.4 is 5.56 Å². The average Bonchev–Trinajstić information content (AvgIpc) is 2.82. The van der Waals surface area contributed by atoms with Gasteiger partial charge in [0.25, 0.3) is 5.56 Å². The van der Waals surface area contributed by atoms with Gasteiger partial charge in [0, 0.05) is 0 Å². The lowest BCUT2D eigenvalue weighted by Gasteiger charge is -2.36. The summed E-state index contributed by atoms with van der Waals surface area (Å²) in [6, 6.07) is 11.2. The first kappa shape index (κ1) is 26.3. The van der Waals surface area contributed by atoms with Crippen LogP contribution in [0.2, 0.25) is 0 Å². The predicted molar refractivity (Wildman–Crippen MR) is 134 cm³/mol. The SMILES string of the molecule is CC(C)[C@@H]1CC[C@H](C)C[C@H]1OC(=O)CSc1nc2ccccc2c(=O)n1-c1cccc(C(F)(F)F)c1. The van der Waals surface area contributed by atoms with Gasteiger partial charge < -0.3 is 4.74 Å². The second kappa shape index (κ2) is 10.7. The highest BCUT2D eigenvalue weighted by Gasteiger charge is 2.34. The molecular weight excluding hydrogens is 489 g/mol. The van der Waals surface area contributed by atoms with Crippen LogP contribution in [0.1, 0.15) is 45.6 Å². The minimum absolute atomic E-state index is 0.0323. The van der Waals surface area contributed by atoms with Crippen LogP contribution in [-0.4, -0.2) is 27.4 Å². The second-order valence-electron chi connectivity index (χ2n) is 9.74. The predicted octanol–water partition coefficient (Wildman–Crippen LogP) is 6.50. The van der Waals surface area contributed by atoms with Crippen molar-refractivity contribution in [2.75, 3.05) is 5.75 Å². The van der Waals surface area contributed by atoms with Crippen molar-refractivity contribution in [3.05, 3.63) is 64.4 Å². The summed E-state index contributed by atoms with van der Waals surface area (Å²) in [5.41, 5.74) is -0.939. The summed E-state index contributed by atoms with van der Waals surface area (Å²) in [5, 5.41) is 0.408. The number of hydrogen-bond donors (Lipinski definition) is 0. The van der Waals surface area contributed by atoms with E-state index in [1.807, 2.05) is 0 Å². The number of carbonyl (C=O) groups excluding carboxylic acids is 1. The highest BCUT2D eigenvalue weighted by molar-refractivity contribution is 7.99. The molecule has 4 rings (SSSR count). The molecule has 0 radical (unpaired) electrons. The van der Waals surface area contributed by atoms with Gasteiger partial charge in [-0.25, -0.2) is 4.98 Å². The lowest BCUT2D eigenvalue weighted by molar-refractivity contribution is -0.152. The van der Waals surface area contributed by atoms with E-state index < -0.39 is 23.3 Å². The molecule has 2 aromatic carbocycles. The van der Waals surface area contributed by atoms with Gasteiger partial charge in [-0.3, -0.25) is 14.2 Å². The Hall–Kier alpha value is -2.81. The van der Waals surface area contributed by atoms with Crippen molar-refractivity contribution in [2.45, 2.75) is 57.5 Å². The summed E-state index contributed by atoms with van der Waals surface area (Å²) < 4.78 is 47.1. The van der Waals surface area contributed by atoms with Gasteiger partial charge in [-0.2, -0.15) is 13.2 Å². The fourth-order valence-corrected chi connectivity index (χ4v) is 5.63. The molecule has 0 unspecified atom stereocenters. The smallest absolute Gasteiger partial charge is 0.416 e. The van der Waals surface area contributed by atoms with Gasteiger partial charge in [0.1, 0.15) is 6.10 Å². The highest BCUT2D eigenvalue weighted by atomic mass is 32.2. The van der Waals surface area contributed by atoms with Crippen molar-refractivity contribution in [1.29, 1.82) is 0 Å². The molecule has 1 heterocycles. The maximum Gasteiger partial charge on any atom is 0.416 e. The Balaban J connectivity index is 1.64. The molecule has 192 valence electrons. The van der Waals surface area contributed by atoms with Gasteiger partial charge in [0.15, 0.2) is 5.16 Å². The molecule has 1 aliphatic rings. The van der Waals surface area contributed by atoms with Crippen LogP contribution in [0.4, 0.5) is 13.2 Å². The number of halogens is 3. The molecule has 0 aliphatic heterocycles. The normalized spacial score (nSPS) is 20.6. The molecule has 9 heteroatoms. The fraction of sp³-hybridized carbons (Fsp3) is 0.444. The van der Waals surface area contributed by atoms with Gasteiger partial charge in [0.05, 0.1) is 27.9 Å². The summed E-state index contributed by atoms with van der Waals surface area (Å²) in [7, 11) is 0. The number of fused-ring (bicyclic) bond motifs is 1. The average molecular weight is 519 g/mol. The van der Waals surface area contributed by atoms with E-state index in [4.69, 9.17) is 4.74 Å². The van der Waals surface area contributed by atoms with Crippen molar-refractivity contribution in [3.8, 4) is 5.69 Å². The number of rotatable bonds is 6. The van der Waals surface area contributed by atoms with Gasteiger partial charge in [0.2, 0.25) is 0 Å². The first-order valence-electron chi connectivity index (χ1n) is 12.1. The molecule has 0 spiro atoms. The summed E-state index contributed by atoms with van der Waals surface area (Å²) in [5.74, 6) is 0.606. The molecule has 0 bridgehead atoms. The topological polar surface area (TPSA) is 61.2 Å². The molecular formula is C27H29F3N2O3S. The monoisotopic (exact) mass is 518 g/mol. The molecule has 0 amide bonds. The van der Waals surface area contributed by atoms with E-state index >= 15 is 0 Å². The zero-order chi connectivity index (χ0) is 26.0. The third-order valence-corrected chi connectivity index (χ3v) is 7.65. The summed E-state index contributed by atoms with van der Waals surface area (Å²) >= 11 is 0.987. The van der Waals surface area contributed by atoms with Crippen molar-refractivity contribution >= 4 is 28.6 Å². The van der Waals surface area contributed by atoms with Gasteiger partial charge in [-0.1, -0.05) is 57.2 Å². The molecule has 1 aliphatic carbocycles. The maximum absolute atomic E-state index is 13.4. The third-order valence-electron chi connectivity index (χ3n) is 6.74. The first-order chi connectivity index (χ1) is 17.0. The zero-order valence-corrected chi connectivity index (χ0v) is 21.2. The Morgan fingerprint density at radius 1 is 1.17 bits per heavy atom. The minimum atomic E-state index is -4.56. The number of para-hydroxylation sites is 1. The number of benzene rings is 2. The Bertz CT molecular complexity index is 1310. The van der Waals surface area contributed by atoms with Crippen LogP contribution in [0.15, 0.2) is 58.5 Å². The summed E-state index contributed by atoms with van der Waals surface area (Å²) in [6.07, 6.45) is -1.81. The number of hydrogen-bond acceptors (Lipinski definition) is 5. The van der Waals surface area contributed by atoms with E-state index in [9.17, 15) is 22.8 Å². The third kappa shape index (κ3) is 5.77. The zero-order valence-electron chi connectivity index (χ0n) is 20.4. The van der Waals surface area contributed by atoms with Crippen molar-refractivity contribution in [3.63, 3.8) is 0 Å². The van der Waals surface area contributed by atoms with E-state index in [-0.39, 0.29) is 34.0 Å². The second-order valence-corrected chi connectivity index (χ2v) is 10.7.